The number of carbonyl (C=O) groups excluding carboxylic acids is 3. The van der Waals surface area contributed by atoms with Gasteiger partial charge in [0, 0.05) is 67.5 Å². The molecule has 0 bridgehead atoms. The zero-order valence-electron chi connectivity index (χ0n) is 30.5. The third-order valence-corrected chi connectivity index (χ3v) is 10.7. The molecule has 2 aliphatic rings. The Labute approximate surface area is 311 Å². The van der Waals surface area contributed by atoms with E-state index in [0.717, 1.165) is 43.3 Å². The number of aromatic nitrogens is 1. The highest BCUT2D eigenvalue weighted by Crippen LogP contribution is 2.37. The van der Waals surface area contributed by atoms with Gasteiger partial charge in [0.05, 0.1) is 19.1 Å². The molecule has 1 aromatic heterocycles. The largest absolute Gasteiger partial charge is 0.493 e. The lowest BCUT2D eigenvalue weighted by molar-refractivity contribution is -0.134. The van der Waals surface area contributed by atoms with Crippen molar-refractivity contribution in [3.05, 3.63) is 94.6 Å². The third-order valence-electron chi connectivity index (χ3n) is 10.5. The van der Waals surface area contributed by atoms with Gasteiger partial charge in [0.15, 0.2) is 11.5 Å². The van der Waals surface area contributed by atoms with Crippen LogP contribution in [0.5, 0.6) is 11.5 Å². The van der Waals surface area contributed by atoms with E-state index in [-0.39, 0.29) is 35.7 Å². The number of ether oxygens (including phenoxy) is 2. The molecular formula is C41H50ClN5O5. The highest BCUT2D eigenvalue weighted by Gasteiger charge is 2.47. The number of carbonyl (C=O) groups is 3. The number of aromatic amines is 1. The van der Waals surface area contributed by atoms with Gasteiger partial charge in [-0.15, -0.1) is 0 Å². The Balaban J connectivity index is 1.19. The molecule has 3 aromatic carbocycles. The number of aryl methyl sites for hydroxylation is 1. The van der Waals surface area contributed by atoms with Gasteiger partial charge in [-0.05, 0) is 92.8 Å². The highest BCUT2D eigenvalue weighted by atomic mass is 35.5. The maximum atomic E-state index is 14.3. The smallest absolute Gasteiger partial charge is 0.254 e. The second kappa shape index (κ2) is 16.9. The monoisotopic (exact) mass is 727 g/mol. The molecule has 3 amide bonds. The highest BCUT2D eigenvalue weighted by molar-refractivity contribution is 6.31. The van der Waals surface area contributed by atoms with Crippen LogP contribution in [0, 0.1) is 17.8 Å². The number of halogens is 1. The fraction of sp³-hybridized carbons (Fsp3) is 0.439. The molecule has 4 atom stereocenters. The van der Waals surface area contributed by atoms with Crippen LogP contribution >= 0.6 is 11.6 Å². The lowest BCUT2D eigenvalue weighted by Crippen LogP contribution is -2.55. The number of amides is 3. The van der Waals surface area contributed by atoms with Crippen LogP contribution in [0.25, 0.3) is 10.9 Å². The van der Waals surface area contributed by atoms with Crippen molar-refractivity contribution in [1.29, 1.82) is 0 Å². The molecular weight excluding hydrogens is 678 g/mol. The average molecular weight is 728 g/mol. The summed E-state index contributed by atoms with van der Waals surface area (Å²) >= 11 is 6.23. The Morgan fingerprint density at radius 3 is 2.52 bits per heavy atom. The minimum absolute atomic E-state index is 0.0375. The number of rotatable bonds is 14. The maximum Gasteiger partial charge on any atom is 0.254 e. The Morgan fingerprint density at radius 1 is 0.962 bits per heavy atom. The number of H-pyrrole nitrogens is 1. The van der Waals surface area contributed by atoms with Crippen molar-refractivity contribution >= 4 is 40.2 Å². The van der Waals surface area contributed by atoms with Gasteiger partial charge in [0.1, 0.15) is 6.04 Å². The molecule has 2 aliphatic heterocycles. The zero-order valence-corrected chi connectivity index (χ0v) is 31.2. The van der Waals surface area contributed by atoms with E-state index in [1.807, 2.05) is 61.3 Å². The van der Waals surface area contributed by atoms with Crippen molar-refractivity contribution in [2.75, 3.05) is 46.9 Å². The summed E-state index contributed by atoms with van der Waals surface area (Å²) in [6.07, 6.45) is 4.89. The van der Waals surface area contributed by atoms with Crippen molar-refractivity contribution < 1.29 is 23.9 Å². The molecule has 3 N–H and O–H groups in total. The van der Waals surface area contributed by atoms with E-state index in [4.69, 9.17) is 21.1 Å². The van der Waals surface area contributed by atoms with Crippen LogP contribution in [0.15, 0.2) is 72.9 Å². The van der Waals surface area contributed by atoms with Crippen molar-refractivity contribution in [1.82, 2.24) is 25.4 Å². The summed E-state index contributed by atoms with van der Waals surface area (Å²) in [5.41, 5.74) is 3.90. The second-order valence-electron chi connectivity index (χ2n) is 14.3. The minimum atomic E-state index is -0.647. The molecule has 2 fully saturated rings. The Bertz CT molecular complexity index is 1860. The number of likely N-dealkylation sites (tertiary alicyclic amines) is 2. The van der Waals surface area contributed by atoms with Crippen molar-refractivity contribution in [3.8, 4) is 11.5 Å². The quantitative estimate of drug-likeness (QED) is 0.153. The number of likely N-dealkylation sites (N-methyl/N-ethyl adjacent to an activating group) is 1. The lowest BCUT2D eigenvalue weighted by Gasteiger charge is -2.40. The molecule has 3 heterocycles. The Morgan fingerprint density at radius 2 is 1.77 bits per heavy atom. The van der Waals surface area contributed by atoms with Crippen LogP contribution in [0.1, 0.15) is 48.2 Å². The van der Waals surface area contributed by atoms with Gasteiger partial charge < -0.3 is 34.9 Å². The van der Waals surface area contributed by atoms with Crippen molar-refractivity contribution in [2.24, 2.45) is 17.8 Å². The van der Waals surface area contributed by atoms with E-state index >= 15 is 0 Å². The minimum Gasteiger partial charge on any atom is -0.493 e. The molecule has 3 unspecified atom stereocenters. The molecule has 11 heteroatoms. The SMILES string of the molecule is CNC(=O)[C@H](CCCc1ccccc1)NC(=O)C1CN(CCc2c[nH]c3cc(Cl)ccc23)CC2CN(C(=O)c3ccc(OC(C)C)c(OC)c3)CC21. The molecule has 0 aliphatic carbocycles. The van der Waals surface area contributed by atoms with Gasteiger partial charge in [0.25, 0.3) is 5.91 Å². The standard InChI is InChI=1S/C41H50ClN5O5/c1-26(2)52-37-16-13-28(19-38(37)51-4)41(50)47-23-30-22-46(18-17-29-21-44-36-20-31(42)14-15-32(29)36)24-34(33(30)25-47)39(48)45-35(40(49)43-3)12-8-11-27-9-6-5-7-10-27/h5-7,9-10,13-16,19-21,26,30,33-35,44H,8,11-12,17-18,22-25H2,1-4H3,(H,43,49)(H,45,48)/t30?,33?,34?,35-/m0/s1. The maximum absolute atomic E-state index is 14.3. The van der Waals surface area contributed by atoms with Crippen LogP contribution in [-0.4, -0.2) is 91.5 Å². The molecule has 0 spiro atoms. The summed E-state index contributed by atoms with van der Waals surface area (Å²) in [5.74, 6) is 0.309. The molecule has 0 radical (unpaired) electrons. The van der Waals surface area contributed by atoms with Gasteiger partial charge in [-0.25, -0.2) is 0 Å². The van der Waals surface area contributed by atoms with E-state index in [0.29, 0.717) is 48.1 Å². The fourth-order valence-electron chi connectivity index (χ4n) is 7.85. The average Bonchev–Trinajstić information content (AvgIpc) is 3.76. The van der Waals surface area contributed by atoms with E-state index in [2.05, 4.69) is 32.7 Å². The molecule has 2 saturated heterocycles. The first-order valence-corrected chi connectivity index (χ1v) is 18.7. The number of fused-ring (bicyclic) bond motifs is 2. The summed E-state index contributed by atoms with van der Waals surface area (Å²) < 4.78 is 11.4. The van der Waals surface area contributed by atoms with Crippen LogP contribution in [-0.2, 0) is 22.4 Å². The number of nitrogens with one attached hydrogen (secondary N) is 3. The number of hydrogen-bond acceptors (Lipinski definition) is 6. The summed E-state index contributed by atoms with van der Waals surface area (Å²) in [6, 6.07) is 20.7. The van der Waals surface area contributed by atoms with E-state index in [1.165, 1.54) is 11.1 Å². The number of methoxy groups -OCH3 is 1. The van der Waals surface area contributed by atoms with Crippen LogP contribution in [0.3, 0.4) is 0 Å². The number of benzene rings is 3. The third kappa shape index (κ3) is 8.73. The number of hydrogen-bond donors (Lipinski definition) is 3. The van der Waals surface area contributed by atoms with Crippen LogP contribution in [0.4, 0.5) is 0 Å². The molecule has 52 heavy (non-hydrogen) atoms. The van der Waals surface area contributed by atoms with E-state index in [9.17, 15) is 14.4 Å². The zero-order chi connectivity index (χ0) is 36.8. The van der Waals surface area contributed by atoms with Crippen LogP contribution < -0.4 is 20.1 Å². The van der Waals surface area contributed by atoms with Gasteiger partial charge in [0.2, 0.25) is 11.8 Å². The second-order valence-corrected chi connectivity index (χ2v) is 14.8. The van der Waals surface area contributed by atoms with Gasteiger partial charge in [-0.2, -0.15) is 0 Å². The first kappa shape index (κ1) is 37.2. The lowest BCUT2D eigenvalue weighted by atomic mass is 9.79. The van der Waals surface area contributed by atoms with Gasteiger partial charge in [-0.1, -0.05) is 48.0 Å². The van der Waals surface area contributed by atoms with Crippen molar-refractivity contribution in [2.45, 2.75) is 51.7 Å². The van der Waals surface area contributed by atoms with E-state index < -0.39 is 12.0 Å². The van der Waals surface area contributed by atoms with Crippen molar-refractivity contribution in [3.63, 3.8) is 0 Å². The molecule has 276 valence electrons. The topological polar surface area (TPSA) is 116 Å². The Hall–Kier alpha value is -4.54. The molecule has 4 aromatic rings. The first-order chi connectivity index (χ1) is 25.1. The van der Waals surface area contributed by atoms with Gasteiger partial charge >= 0.3 is 0 Å². The summed E-state index contributed by atoms with van der Waals surface area (Å²) in [7, 11) is 3.17. The normalized spacial score (nSPS) is 19.3. The molecule has 0 saturated carbocycles. The number of nitrogens with zero attached hydrogens (tertiary/aromatic N) is 2. The van der Waals surface area contributed by atoms with Crippen LogP contribution in [0.2, 0.25) is 5.02 Å². The summed E-state index contributed by atoms with van der Waals surface area (Å²) in [6.45, 7) is 6.95. The van der Waals surface area contributed by atoms with E-state index in [1.54, 1.807) is 32.4 Å². The van der Waals surface area contributed by atoms with Gasteiger partial charge in [-0.3, -0.25) is 14.4 Å². The predicted molar refractivity (Wildman–Crippen MR) is 204 cm³/mol. The Kier molecular flexibility index (Phi) is 12.1. The summed E-state index contributed by atoms with van der Waals surface area (Å²) in [5, 5.41) is 7.71. The fourth-order valence-corrected chi connectivity index (χ4v) is 8.02. The summed E-state index contributed by atoms with van der Waals surface area (Å²) in [4.78, 5) is 48.8. The molecule has 6 rings (SSSR count). The number of piperidine rings is 1. The predicted octanol–water partition coefficient (Wildman–Crippen LogP) is 5.73. The first-order valence-electron chi connectivity index (χ1n) is 18.3. The molecule has 10 nitrogen and oxygen atoms in total.